The van der Waals surface area contributed by atoms with Crippen LogP contribution in [-0.4, -0.2) is 66.0 Å². The fraction of sp³-hybridized carbons (Fsp3) is 0.706. The number of hydrogen-bond donors (Lipinski definition) is 0. The van der Waals surface area contributed by atoms with E-state index in [2.05, 4.69) is 14.9 Å². The van der Waals surface area contributed by atoms with E-state index in [0.29, 0.717) is 24.7 Å². The third kappa shape index (κ3) is 2.98. The summed E-state index contributed by atoms with van der Waals surface area (Å²) >= 11 is 0. The molecule has 0 atom stereocenters. The third-order valence-corrected chi connectivity index (χ3v) is 5.10. The van der Waals surface area contributed by atoms with Crippen molar-refractivity contribution >= 4 is 11.7 Å². The van der Waals surface area contributed by atoms with Gasteiger partial charge in [-0.1, -0.05) is 0 Å². The van der Waals surface area contributed by atoms with Gasteiger partial charge in [-0.3, -0.25) is 4.79 Å². The summed E-state index contributed by atoms with van der Waals surface area (Å²) in [6.07, 6.45) is 3.81. The van der Waals surface area contributed by atoms with Gasteiger partial charge >= 0.3 is 0 Å². The van der Waals surface area contributed by atoms with Crippen molar-refractivity contribution in [2.24, 2.45) is 0 Å². The van der Waals surface area contributed by atoms with Gasteiger partial charge in [0.2, 0.25) is 0 Å². The Bertz CT molecular complexity index is 614. The van der Waals surface area contributed by atoms with Gasteiger partial charge in [0.05, 0.1) is 13.2 Å². The predicted octanol–water partition coefficient (Wildman–Crippen LogP) is 1.36. The molecule has 130 valence electrons. The van der Waals surface area contributed by atoms with Crippen molar-refractivity contribution in [3.63, 3.8) is 0 Å². The molecule has 4 heterocycles. The number of likely N-dealkylation sites (tertiary alicyclic amines) is 1. The molecular weight excluding hydrogens is 308 g/mol. The number of anilines is 1. The fourth-order valence-corrected chi connectivity index (χ4v) is 3.77. The number of carbonyl (C=O) groups excluding carboxylic acids is 1. The molecule has 1 aromatic rings. The summed E-state index contributed by atoms with van der Waals surface area (Å²) < 4.78 is 11.6. The van der Waals surface area contributed by atoms with Crippen LogP contribution < -0.4 is 4.90 Å². The first kappa shape index (κ1) is 15.8. The fourth-order valence-electron chi connectivity index (χ4n) is 3.77. The van der Waals surface area contributed by atoms with Crippen molar-refractivity contribution < 1.29 is 14.3 Å². The lowest BCUT2D eigenvalue weighted by molar-refractivity contribution is -0.169. The molecule has 4 rings (SSSR count). The van der Waals surface area contributed by atoms with Crippen molar-refractivity contribution in [2.75, 3.05) is 44.3 Å². The average Bonchev–Trinajstić information content (AvgIpc) is 3.27. The largest absolute Gasteiger partial charge is 0.356 e. The zero-order chi connectivity index (χ0) is 16.6. The van der Waals surface area contributed by atoms with Crippen LogP contribution in [0.5, 0.6) is 0 Å². The minimum atomic E-state index is -0.396. The first-order valence-electron chi connectivity index (χ1n) is 8.83. The van der Waals surface area contributed by atoms with Gasteiger partial charge in [-0.15, -0.1) is 0 Å². The zero-order valence-electron chi connectivity index (χ0n) is 14.2. The van der Waals surface area contributed by atoms with Gasteiger partial charge < -0.3 is 19.3 Å². The quantitative estimate of drug-likeness (QED) is 0.815. The average molecular weight is 332 g/mol. The highest BCUT2D eigenvalue weighted by atomic mass is 16.7. The summed E-state index contributed by atoms with van der Waals surface area (Å²) in [5.74, 6) is 1.10. The number of ether oxygens (including phenoxy) is 2. The lowest BCUT2D eigenvalue weighted by Crippen LogP contribution is -2.45. The Balaban J connectivity index is 1.50. The molecule has 3 fully saturated rings. The molecule has 0 aromatic carbocycles. The molecule has 7 heteroatoms. The van der Waals surface area contributed by atoms with Crippen LogP contribution in [-0.2, 0) is 9.47 Å². The van der Waals surface area contributed by atoms with Gasteiger partial charge in [-0.2, -0.15) is 0 Å². The topological polar surface area (TPSA) is 67.8 Å². The van der Waals surface area contributed by atoms with Gasteiger partial charge in [0.25, 0.3) is 5.91 Å². The van der Waals surface area contributed by atoms with E-state index < -0.39 is 5.79 Å². The SMILES string of the molecule is Cc1nc(C(=O)N2CCCC2)cc(N2CCC3(CC2)OCCO3)n1. The van der Waals surface area contributed by atoms with E-state index in [0.717, 1.165) is 57.7 Å². The molecule has 0 unspecified atom stereocenters. The van der Waals surface area contributed by atoms with Crippen molar-refractivity contribution in [1.29, 1.82) is 0 Å². The molecule has 1 amide bonds. The van der Waals surface area contributed by atoms with Crippen molar-refractivity contribution in [2.45, 2.75) is 38.4 Å². The van der Waals surface area contributed by atoms with E-state index in [9.17, 15) is 4.79 Å². The van der Waals surface area contributed by atoms with Gasteiger partial charge in [0.1, 0.15) is 17.3 Å². The maximum atomic E-state index is 12.6. The summed E-state index contributed by atoms with van der Waals surface area (Å²) in [4.78, 5) is 25.6. The molecule has 1 aromatic heterocycles. The Hall–Kier alpha value is -1.73. The smallest absolute Gasteiger partial charge is 0.272 e. The standard InChI is InChI=1S/C17H24N4O3/c1-13-18-14(16(22)21-6-2-3-7-21)12-15(19-13)20-8-4-17(5-9-20)23-10-11-24-17/h12H,2-11H2,1H3. The molecular formula is C17H24N4O3. The predicted molar refractivity (Wildman–Crippen MR) is 88.0 cm³/mol. The Morgan fingerprint density at radius 1 is 1.08 bits per heavy atom. The van der Waals surface area contributed by atoms with Crippen LogP contribution in [0.2, 0.25) is 0 Å². The first-order chi connectivity index (χ1) is 11.7. The minimum Gasteiger partial charge on any atom is -0.356 e. The molecule has 0 saturated carbocycles. The molecule has 0 radical (unpaired) electrons. The highest BCUT2D eigenvalue weighted by molar-refractivity contribution is 5.93. The van der Waals surface area contributed by atoms with E-state index in [1.807, 2.05) is 17.9 Å². The van der Waals surface area contributed by atoms with E-state index in [1.54, 1.807) is 0 Å². The number of nitrogens with zero attached hydrogens (tertiary/aromatic N) is 4. The van der Waals surface area contributed by atoms with E-state index in [4.69, 9.17) is 9.47 Å². The maximum Gasteiger partial charge on any atom is 0.272 e. The second kappa shape index (κ2) is 6.29. The Kier molecular flexibility index (Phi) is 4.14. The van der Waals surface area contributed by atoms with Crippen molar-refractivity contribution in [1.82, 2.24) is 14.9 Å². The van der Waals surface area contributed by atoms with Crippen LogP contribution in [0.15, 0.2) is 6.07 Å². The molecule has 7 nitrogen and oxygen atoms in total. The van der Waals surface area contributed by atoms with Crippen LogP contribution in [0.3, 0.4) is 0 Å². The molecule has 3 saturated heterocycles. The highest BCUT2D eigenvalue weighted by Crippen LogP contribution is 2.32. The summed E-state index contributed by atoms with van der Waals surface area (Å²) in [6, 6.07) is 1.84. The minimum absolute atomic E-state index is 0.0233. The van der Waals surface area contributed by atoms with Gasteiger partial charge in [0, 0.05) is 45.1 Å². The molecule has 0 aliphatic carbocycles. The maximum absolute atomic E-state index is 12.6. The third-order valence-electron chi connectivity index (χ3n) is 5.10. The lowest BCUT2D eigenvalue weighted by atomic mass is 10.0. The number of aromatic nitrogens is 2. The normalized spacial score (nSPS) is 23.2. The Labute approximate surface area is 142 Å². The second-order valence-electron chi connectivity index (χ2n) is 6.75. The van der Waals surface area contributed by atoms with Crippen LogP contribution in [0, 0.1) is 6.92 Å². The molecule has 3 aliphatic rings. The first-order valence-corrected chi connectivity index (χ1v) is 8.83. The molecule has 1 spiro atoms. The molecule has 3 aliphatic heterocycles. The zero-order valence-corrected chi connectivity index (χ0v) is 14.2. The Morgan fingerprint density at radius 2 is 1.75 bits per heavy atom. The van der Waals surface area contributed by atoms with Crippen LogP contribution in [0.25, 0.3) is 0 Å². The monoisotopic (exact) mass is 332 g/mol. The van der Waals surface area contributed by atoms with E-state index in [-0.39, 0.29) is 5.91 Å². The van der Waals surface area contributed by atoms with Crippen molar-refractivity contribution in [3.05, 3.63) is 17.6 Å². The van der Waals surface area contributed by atoms with Crippen LogP contribution >= 0.6 is 0 Å². The van der Waals surface area contributed by atoms with E-state index in [1.165, 1.54) is 0 Å². The number of piperidine rings is 1. The molecule has 24 heavy (non-hydrogen) atoms. The van der Waals surface area contributed by atoms with Gasteiger partial charge in [-0.25, -0.2) is 9.97 Å². The van der Waals surface area contributed by atoms with Gasteiger partial charge in [0.15, 0.2) is 5.79 Å². The van der Waals surface area contributed by atoms with Crippen molar-refractivity contribution in [3.8, 4) is 0 Å². The number of amides is 1. The number of carbonyl (C=O) groups is 1. The number of aryl methyl sites for hydroxylation is 1. The van der Waals surface area contributed by atoms with Crippen LogP contribution in [0.4, 0.5) is 5.82 Å². The lowest BCUT2D eigenvalue weighted by Gasteiger charge is -2.38. The highest BCUT2D eigenvalue weighted by Gasteiger charge is 2.40. The molecule has 0 N–H and O–H groups in total. The number of hydrogen-bond acceptors (Lipinski definition) is 6. The second-order valence-corrected chi connectivity index (χ2v) is 6.75. The number of rotatable bonds is 2. The molecule has 0 bridgehead atoms. The summed E-state index contributed by atoms with van der Waals surface area (Å²) in [6.45, 7) is 6.50. The summed E-state index contributed by atoms with van der Waals surface area (Å²) in [7, 11) is 0. The Morgan fingerprint density at radius 3 is 2.42 bits per heavy atom. The van der Waals surface area contributed by atoms with Gasteiger partial charge in [-0.05, 0) is 19.8 Å². The van der Waals surface area contributed by atoms with Crippen LogP contribution in [0.1, 0.15) is 42.0 Å². The van der Waals surface area contributed by atoms with E-state index >= 15 is 0 Å². The summed E-state index contributed by atoms with van der Waals surface area (Å²) in [5.41, 5.74) is 0.507. The summed E-state index contributed by atoms with van der Waals surface area (Å²) in [5, 5.41) is 0.